The van der Waals surface area contributed by atoms with Crippen LogP contribution < -0.4 is 0 Å². The summed E-state index contributed by atoms with van der Waals surface area (Å²) in [5, 5.41) is 0. The second-order valence-electron chi connectivity index (χ2n) is 4.54. The van der Waals surface area contributed by atoms with Crippen molar-refractivity contribution in [3.8, 4) is 0 Å². The fourth-order valence-electron chi connectivity index (χ4n) is 1.95. The Hall–Kier alpha value is -0.0800. The van der Waals surface area contributed by atoms with Crippen LogP contribution in [0.1, 0.15) is 40.5 Å². The zero-order valence-corrected chi connectivity index (χ0v) is 9.42. The molecule has 0 aromatic rings. The van der Waals surface area contributed by atoms with E-state index in [9.17, 15) is 0 Å². The van der Waals surface area contributed by atoms with E-state index in [4.69, 9.17) is 4.74 Å². The van der Waals surface area contributed by atoms with Gasteiger partial charge in [0, 0.05) is 19.2 Å². The Morgan fingerprint density at radius 2 is 1.85 bits per heavy atom. The van der Waals surface area contributed by atoms with Crippen molar-refractivity contribution in [3.05, 3.63) is 0 Å². The van der Waals surface area contributed by atoms with Crippen LogP contribution in [0.3, 0.4) is 0 Å². The van der Waals surface area contributed by atoms with Gasteiger partial charge < -0.3 is 4.74 Å². The Morgan fingerprint density at radius 3 is 2.38 bits per heavy atom. The number of hydrogen-bond donors (Lipinski definition) is 0. The average molecular weight is 185 g/mol. The SMILES string of the molecule is CC(C)C1OCCCCN1C(C)C. The highest BCUT2D eigenvalue weighted by atomic mass is 16.5. The molecule has 1 atom stereocenters. The first-order valence-corrected chi connectivity index (χ1v) is 5.50. The molecule has 0 aromatic heterocycles. The third-order valence-corrected chi connectivity index (χ3v) is 2.66. The van der Waals surface area contributed by atoms with Crippen LogP contribution >= 0.6 is 0 Å². The smallest absolute Gasteiger partial charge is 0.113 e. The summed E-state index contributed by atoms with van der Waals surface area (Å²) >= 11 is 0. The molecular formula is C11H23NO. The Balaban J connectivity index is 2.61. The Labute approximate surface area is 82.3 Å². The summed E-state index contributed by atoms with van der Waals surface area (Å²) in [6.07, 6.45) is 2.83. The molecule has 1 fully saturated rings. The standard InChI is InChI=1S/C11H23NO/c1-9(2)11-12(10(3)4)7-5-6-8-13-11/h9-11H,5-8H2,1-4H3. The van der Waals surface area contributed by atoms with Crippen LogP contribution in [-0.2, 0) is 4.74 Å². The van der Waals surface area contributed by atoms with E-state index >= 15 is 0 Å². The maximum atomic E-state index is 5.86. The van der Waals surface area contributed by atoms with Crippen molar-refractivity contribution >= 4 is 0 Å². The minimum atomic E-state index is 0.336. The lowest BCUT2D eigenvalue weighted by atomic mass is 10.1. The highest BCUT2D eigenvalue weighted by Crippen LogP contribution is 2.19. The molecule has 1 heterocycles. The lowest BCUT2D eigenvalue weighted by Gasteiger charge is -2.35. The lowest BCUT2D eigenvalue weighted by Crippen LogP contribution is -2.44. The van der Waals surface area contributed by atoms with Gasteiger partial charge in [0.1, 0.15) is 6.23 Å². The Morgan fingerprint density at radius 1 is 1.15 bits per heavy atom. The summed E-state index contributed by atoms with van der Waals surface area (Å²) in [4.78, 5) is 2.48. The summed E-state index contributed by atoms with van der Waals surface area (Å²) in [5.41, 5.74) is 0. The number of nitrogens with zero attached hydrogens (tertiary/aromatic N) is 1. The molecule has 0 radical (unpaired) electrons. The minimum Gasteiger partial charge on any atom is -0.363 e. The molecule has 1 rings (SSSR count). The van der Waals surface area contributed by atoms with E-state index in [-0.39, 0.29) is 0 Å². The molecule has 0 spiro atoms. The third-order valence-electron chi connectivity index (χ3n) is 2.66. The van der Waals surface area contributed by atoms with Gasteiger partial charge in [-0.1, -0.05) is 13.8 Å². The van der Waals surface area contributed by atoms with Crippen LogP contribution in [0.25, 0.3) is 0 Å². The second-order valence-corrected chi connectivity index (χ2v) is 4.54. The summed E-state index contributed by atoms with van der Waals surface area (Å²) in [5.74, 6) is 0.598. The van der Waals surface area contributed by atoms with E-state index in [1.54, 1.807) is 0 Å². The Bertz CT molecular complexity index is 129. The number of ether oxygens (including phenoxy) is 1. The van der Waals surface area contributed by atoms with Crippen molar-refractivity contribution in [2.24, 2.45) is 5.92 Å². The molecule has 1 saturated heterocycles. The highest BCUT2D eigenvalue weighted by Gasteiger charge is 2.26. The molecule has 0 N–H and O–H groups in total. The van der Waals surface area contributed by atoms with Crippen molar-refractivity contribution in [3.63, 3.8) is 0 Å². The van der Waals surface area contributed by atoms with E-state index in [0.717, 1.165) is 6.61 Å². The quantitative estimate of drug-likeness (QED) is 0.655. The molecule has 0 aliphatic carbocycles. The van der Waals surface area contributed by atoms with Crippen LogP contribution in [0.4, 0.5) is 0 Å². The number of hydrogen-bond acceptors (Lipinski definition) is 2. The predicted molar refractivity (Wildman–Crippen MR) is 55.7 cm³/mol. The second kappa shape index (κ2) is 4.97. The topological polar surface area (TPSA) is 12.5 Å². The van der Waals surface area contributed by atoms with E-state index in [0.29, 0.717) is 18.2 Å². The molecular weight excluding hydrogens is 162 g/mol. The molecule has 1 aliphatic heterocycles. The summed E-state index contributed by atoms with van der Waals surface area (Å²) < 4.78 is 5.86. The molecule has 1 unspecified atom stereocenters. The molecule has 0 aromatic carbocycles. The van der Waals surface area contributed by atoms with E-state index < -0.39 is 0 Å². The third kappa shape index (κ3) is 2.96. The first-order chi connectivity index (χ1) is 6.13. The van der Waals surface area contributed by atoms with Gasteiger partial charge in [0.15, 0.2) is 0 Å². The first kappa shape index (κ1) is 11.0. The summed E-state index contributed by atoms with van der Waals surface area (Å²) in [6.45, 7) is 11.1. The zero-order chi connectivity index (χ0) is 9.84. The van der Waals surface area contributed by atoms with Crippen molar-refractivity contribution in [1.29, 1.82) is 0 Å². The Kier molecular flexibility index (Phi) is 4.20. The van der Waals surface area contributed by atoms with Gasteiger partial charge in [0.25, 0.3) is 0 Å². The van der Waals surface area contributed by atoms with Crippen molar-refractivity contribution in [2.75, 3.05) is 13.2 Å². The fraction of sp³-hybridized carbons (Fsp3) is 1.00. The van der Waals surface area contributed by atoms with Gasteiger partial charge in [0.2, 0.25) is 0 Å². The van der Waals surface area contributed by atoms with Gasteiger partial charge in [-0.2, -0.15) is 0 Å². The highest BCUT2D eigenvalue weighted by molar-refractivity contribution is 4.72. The van der Waals surface area contributed by atoms with Crippen molar-refractivity contribution in [1.82, 2.24) is 4.90 Å². The molecule has 0 saturated carbocycles. The largest absolute Gasteiger partial charge is 0.363 e. The zero-order valence-electron chi connectivity index (χ0n) is 9.42. The molecule has 2 heteroatoms. The van der Waals surface area contributed by atoms with E-state index in [1.165, 1.54) is 19.4 Å². The molecule has 0 amide bonds. The van der Waals surface area contributed by atoms with Crippen molar-refractivity contribution < 1.29 is 4.74 Å². The molecule has 1 aliphatic rings. The molecule has 0 bridgehead atoms. The molecule has 78 valence electrons. The van der Waals surface area contributed by atoms with Crippen LogP contribution in [0.2, 0.25) is 0 Å². The maximum absolute atomic E-state index is 5.86. The van der Waals surface area contributed by atoms with Gasteiger partial charge in [-0.15, -0.1) is 0 Å². The fourth-order valence-corrected chi connectivity index (χ4v) is 1.95. The van der Waals surface area contributed by atoms with Gasteiger partial charge in [-0.3, -0.25) is 4.90 Å². The summed E-state index contributed by atoms with van der Waals surface area (Å²) in [7, 11) is 0. The monoisotopic (exact) mass is 185 g/mol. The molecule has 13 heavy (non-hydrogen) atoms. The van der Waals surface area contributed by atoms with Gasteiger partial charge in [-0.05, 0) is 32.6 Å². The van der Waals surface area contributed by atoms with Crippen LogP contribution in [0.5, 0.6) is 0 Å². The van der Waals surface area contributed by atoms with E-state index in [1.807, 2.05) is 0 Å². The van der Waals surface area contributed by atoms with Crippen LogP contribution in [0, 0.1) is 5.92 Å². The maximum Gasteiger partial charge on any atom is 0.113 e. The van der Waals surface area contributed by atoms with Crippen LogP contribution in [0.15, 0.2) is 0 Å². The van der Waals surface area contributed by atoms with Gasteiger partial charge in [-0.25, -0.2) is 0 Å². The van der Waals surface area contributed by atoms with Gasteiger partial charge >= 0.3 is 0 Å². The lowest BCUT2D eigenvalue weighted by molar-refractivity contribution is -0.0843. The first-order valence-electron chi connectivity index (χ1n) is 5.50. The van der Waals surface area contributed by atoms with Gasteiger partial charge in [0.05, 0.1) is 0 Å². The molecule has 2 nitrogen and oxygen atoms in total. The summed E-state index contributed by atoms with van der Waals surface area (Å²) in [6, 6.07) is 0.602. The van der Waals surface area contributed by atoms with Crippen molar-refractivity contribution in [2.45, 2.75) is 52.8 Å². The average Bonchev–Trinajstić information content (AvgIpc) is 2.27. The van der Waals surface area contributed by atoms with E-state index in [2.05, 4.69) is 32.6 Å². The normalized spacial score (nSPS) is 26.8. The van der Waals surface area contributed by atoms with Crippen LogP contribution in [-0.4, -0.2) is 30.3 Å². The minimum absolute atomic E-state index is 0.336. The predicted octanol–water partition coefficient (Wildman–Crippen LogP) is 2.49. The number of rotatable bonds is 2.